The van der Waals surface area contributed by atoms with Gasteiger partial charge in [0.1, 0.15) is 11.5 Å². The van der Waals surface area contributed by atoms with Crippen LogP contribution in [0.2, 0.25) is 0 Å². The molecule has 6 nitrogen and oxygen atoms in total. The van der Waals surface area contributed by atoms with Gasteiger partial charge in [0.25, 0.3) is 5.91 Å². The predicted octanol–water partition coefficient (Wildman–Crippen LogP) is 4.97. The molecule has 34 heavy (non-hydrogen) atoms. The second-order valence-electron chi connectivity index (χ2n) is 9.53. The highest BCUT2D eigenvalue weighted by atomic mass is 32.1. The largest absolute Gasteiger partial charge is 0.355 e. The van der Waals surface area contributed by atoms with E-state index < -0.39 is 0 Å². The smallest absolute Gasteiger partial charge is 0.274 e. The van der Waals surface area contributed by atoms with Crippen molar-refractivity contribution in [1.29, 1.82) is 0 Å². The SMILES string of the molecule is Cc1nc(C(=O)N2CC3CC(C2)CN(c2cnc4ccccc4n2)C3)c(-c2ccccc2C)s1. The van der Waals surface area contributed by atoms with Gasteiger partial charge < -0.3 is 9.80 Å². The second kappa shape index (κ2) is 8.47. The van der Waals surface area contributed by atoms with Gasteiger partial charge >= 0.3 is 0 Å². The standard InChI is InChI=1S/C27H27N5OS/c1-17-7-3-4-8-21(17)26-25(29-18(2)34-26)27(33)32-15-19-11-20(16-32)14-31(13-19)24-12-28-22-9-5-6-10-23(22)30-24/h3-10,12,19-20H,11,13-16H2,1-2H3. The fourth-order valence-corrected chi connectivity index (χ4v) is 6.47. The molecule has 0 radical (unpaired) electrons. The third-order valence-corrected chi connectivity index (χ3v) is 7.96. The third kappa shape index (κ3) is 3.84. The number of para-hydroxylation sites is 2. The third-order valence-electron chi connectivity index (χ3n) is 6.95. The summed E-state index contributed by atoms with van der Waals surface area (Å²) in [7, 11) is 0. The number of anilines is 1. The molecular formula is C27H27N5OS. The highest BCUT2D eigenvalue weighted by Gasteiger charge is 2.38. The summed E-state index contributed by atoms with van der Waals surface area (Å²) in [5.41, 5.74) is 4.73. The van der Waals surface area contributed by atoms with Gasteiger partial charge in [-0.25, -0.2) is 9.97 Å². The molecule has 2 aromatic heterocycles. The van der Waals surface area contributed by atoms with Crippen LogP contribution in [0.5, 0.6) is 0 Å². The molecule has 0 spiro atoms. The maximum Gasteiger partial charge on any atom is 0.274 e. The van der Waals surface area contributed by atoms with E-state index in [0.717, 1.165) is 64.9 Å². The van der Waals surface area contributed by atoms with Gasteiger partial charge in [-0.3, -0.25) is 9.78 Å². The molecule has 0 aliphatic carbocycles. The molecule has 2 aliphatic rings. The summed E-state index contributed by atoms with van der Waals surface area (Å²) in [6.07, 6.45) is 3.04. The van der Waals surface area contributed by atoms with Crippen LogP contribution < -0.4 is 4.90 Å². The molecule has 172 valence electrons. The number of benzene rings is 2. The number of aromatic nitrogens is 3. The predicted molar refractivity (Wildman–Crippen MR) is 136 cm³/mol. The Balaban J connectivity index is 1.23. The molecule has 2 fully saturated rings. The maximum atomic E-state index is 13.7. The van der Waals surface area contributed by atoms with E-state index in [-0.39, 0.29) is 5.91 Å². The fraction of sp³-hybridized carbons (Fsp3) is 0.333. The summed E-state index contributed by atoms with van der Waals surface area (Å²) >= 11 is 1.61. The van der Waals surface area contributed by atoms with Gasteiger partial charge in [-0.05, 0) is 55.4 Å². The van der Waals surface area contributed by atoms with Gasteiger partial charge in [0.15, 0.2) is 0 Å². The second-order valence-corrected chi connectivity index (χ2v) is 10.7. The van der Waals surface area contributed by atoms with E-state index >= 15 is 0 Å². The van der Waals surface area contributed by atoms with Gasteiger partial charge in [0, 0.05) is 26.2 Å². The number of hydrogen-bond acceptors (Lipinski definition) is 6. The minimum atomic E-state index is 0.0660. The summed E-state index contributed by atoms with van der Waals surface area (Å²) in [5.74, 6) is 1.85. The first-order valence-corrected chi connectivity index (χ1v) is 12.7. The molecule has 1 amide bonds. The number of thiazole rings is 1. The summed E-state index contributed by atoms with van der Waals surface area (Å²) in [6, 6.07) is 16.2. The molecule has 0 saturated carbocycles. The zero-order valence-corrected chi connectivity index (χ0v) is 20.3. The Morgan fingerprint density at radius 2 is 1.62 bits per heavy atom. The Hall–Kier alpha value is -3.32. The quantitative estimate of drug-likeness (QED) is 0.424. The van der Waals surface area contributed by atoms with Crippen LogP contribution in [0.1, 0.15) is 27.5 Å². The van der Waals surface area contributed by atoms with Crippen LogP contribution in [-0.2, 0) is 0 Å². The van der Waals surface area contributed by atoms with Crippen molar-refractivity contribution in [1.82, 2.24) is 19.9 Å². The van der Waals surface area contributed by atoms with Crippen LogP contribution in [0, 0.1) is 25.7 Å². The van der Waals surface area contributed by atoms with Gasteiger partial charge in [0.05, 0.1) is 27.1 Å². The van der Waals surface area contributed by atoms with Gasteiger partial charge in [-0.15, -0.1) is 11.3 Å². The Labute approximate surface area is 203 Å². The molecule has 4 aromatic rings. The molecule has 4 heterocycles. The van der Waals surface area contributed by atoms with Crippen LogP contribution in [0.4, 0.5) is 5.82 Å². The van der Waals surface area contributed by atoms with Crippen LogP contribution in [0.15, 0.2) is 54.7 Å². The molecule has 6 rings (SSSR count). The molecule has 2 atom stereocenters. The first-order valence-electron chi connectivity index (χ1n) is 11.8. The lowest BCUT2D eigenvalue weighted by Crippen LogP contribution is -2.54. The van der Waals surface area contributed by atoms with E-state index in [1.54, 1.807) is 11.3 Å². The first kappa shape index (κ1) is 21.2. The van der Waals surface area contributed by atoms with E-state index in [9.17, 15) is 4.79 Å². The molecule has 2 unspecified atom stereocenters. The molecule has 0 N–H and O–H groups in total. The van der Waals surface area contributed by atoms with Crippen LogP contribution >= 0.6 is 11.3 Å². The Morgan fingerprint density at radius 1 is 0.912 bits per heavy atom. The molecule has 2 saturated heterocycles. The number of carbonyl (C=O) groups excluding carboxylic acids is 1. The molecule has 2 aliphatic heterocycles. The number of rotatable bonds is 3. The van der Waals surface area contributed by atoms with Crippen molar-refractivity contribution in [3.8, 4) is 10.4 Å². The van der Waals surface area contributed by atoms with Crippen molar-refractivity contribution in [3.63, 3.8) is 0 Å². The number of fused-ring (bicyclic) bond motifs is 3. The lowest BCUT2D eigenvalue weighted by molar-refractivity contribution is 0.0560. The summed E-state index contributed by atoms with van der Waals surface area (Å²) < 4.78 is 0. The number of carbonyl (C=O) groups is 1. The molecule has 2 aromatic carbocycles. The lowest BCUT2D eigenvalue weighted by Gasteiger charge is -2.46. The van der Waals surface area contributed by atoms with Gasteiger partial charge in [-0.1, -0.05) is 36.4 Å². The van der Waals surface area contributed by atoms with Crippen LogP contribution in [-0.4, -0.2) is 51.9 Å². The number of likely N-dealkylation sites (tertiary alicyclic amines) is 1. The highest BCUT2D eigenvalue weighted by molar-refractivity contribution is 7.15. The minimum absolute atomic E-state index is 0.0660. The van der Waals surface area contributed by atoms with Gasteiger partial charge in [-0.2, -0.15) is 0 Å². The van der Waals surface area contributed by atoms with E-state index in [0.29, 0.717) is 17.5 Å². The van der Waals surface area contributed by atoms with Crippen molar-refractivity contribution in [3.05, 3.63) is 71.0 Å². The molecule has 2 bridgehead atoms. The Morgan fingerprint density at radius 3 is 2.38 bits per heavy atom. The van der Waals surface area contributed by atoms with E-state index in [1.807, 2.05) is 54.4 Å². The topological polar surface area (TPSA) is 62.2 Å². The number of aryl methyl sites for hydroxylation is 2. The van der Waals surface area contributed by atoms with E-state index in [4.69, 9.17) is 4.98 Å². The van der Waals surface area contributed by atoms with E-state index in [1.165, 1.54) is 5.56 Å². The number of piperidine rings is 2. The van der Waals surface area contributed by atoms with Gasteiger partial charge in [0.2, 0.25) is 0 Å². The van der Waals surface area contributed by atoms with Crippen LogP contribution in [0.3, 0.4) is 0 Å². The normalized spacial score (nSPS) is 20.1. The maximum absolute atomic E-state index is 13.7. The highest BCUT2D eigenvalue weighted by Crippen LogP contribution is 2.36. The average molecular weight is 470 g/mol. The zero-order chi connectivity index (χ0) is 23.2. The monoisotopic (exact) mass is 469 g/mol. The van der Waals surface area contributed by atoms with Crippen molar-refractivity contribution in [2.24, 2.45) is 11.8 Å². The summed E-state index contributed by atoms with van der Waals surface area (Å²) in [5, 5.41) is 0.930. The summed E-state index contributed by atoms with van der Waals surface area (Å²) in [6.45, 7) is 7.39. The van der Waals surface area contributed by atoms with Crippen molar-refractivity contribution in [2.75, 3.05) is 31.1 Å². The Kier molecular flexibility index (Phi) is 5.29. The molecular weight excluding hydrogens is 442 g/mol. The molecule has 7 heteroatoms. The van der Waals surface area contributed by atoms with Crippen molar-refractivity contribution >= 4 is 34.1 Å². The van der Waals surface area contributed by atoms with Crippen LogP contribution in [0.25, 0.3) is 21.5 Å². The first-order chi connectivity index (χ1) is 16.5. The Bertz CT molecular complexity index is 1370. The zero-order valence-electron chi connectivity index (χ0n) is 19.4. The lowest BCUT2D eigenvalue weighted by atomic mass is 9.84. The van der Waals surface area contributed by atoms with Crippen molar-refractivity contribution < 1.29 is 4.79 Å². The number of hydrogen-bond donors (Lipinski definition) is 0. The average Bonchev–Trinajstić information content (AvgIpc) is 3.24. The number of nitrogens with zero attached hydrogens (tertiary/aromatic N) is 5. The summed E-state index contributed by atoms with van der Waals surface area (Å²) in [4.78, 5) is 33.2. The van der Waals surface area contributed by atoms with Crippen molar-refractivity contribution in [2.45, 2.75) is 20.3 Å². The fourth-order valence-electron chi connectivity index (χ4n) is 5.47. The van der Waals surface area contributed by atoms with E-state index in [2.05, 4.69) is 33.9 Å². The number of amides is 1. The minimum Gasteiger partial charge on any atom is -0.355 e.